The molecule has 2 aromatic rings. The number of nitrogens with zero attached hydrogens (tertiary/aromatic N) is 2. The lowest BCUT2D eigenvalue weighted by molar-refractivity contribution is 0.906. The van der Waals surface area contributed by atoms with E-state index in [1.165, 1.54) is 14.7 Å². The molecule has 0 saturated carbocycles. The van der Waals surface area contributed by atoms with Crippen molar-refractivity contribution in [1.82, 2.24) is 14.1 Å². The van der Waals surface area contributed by atoms with Gasteiger partial charge in [0.15, 0.2) is 0 Å². The zero-order valence-corrected chi connectivity index (χ0v) is 13.3. The third-order valence-corrected chi connectivity index (χ3v) is 4.29. The van der Waals surface area contributed by atoms with E-state index in [0.29, 0.717) is 16.9 Å². The Kier molecular flexibility index (Phi) is 3.34. The van der Waals surface area contributed by atoms with Crippen LogP contribution in [0, 0.1) is 0 Å². The summed E-state index contributed by atoms with van der Waals surface area (Å²) in [6.45, 7) is 2.12. The maximum atomic E-state index is 12.9. The van der Waals surface area contributed by atoms with E-state index >= 15 is 0 Å². The summed E-state index contributed by atoms with van der Waals surface area (Å²) >= 11 is 0. The van der Waals surface area contributed by atoms with Crippen molar-refractivity contribution in [3.05, 3.63) is 81.1 Å². The smallest absolute Gasteiger partial charge is 0.341 e. The molecule has 2 aliphatic heterocycles. The summed E-state index contributed by atoms with van der Waals surface area (Å²) in [7, 11) is 0. The van der Waals surface area contributed by atoms with Gasteiger partial charge < -0.3 is 4.98 Å². The zero-order valence-electron chi connectivity index (χ0n) is 13.3. The van der Waals surface area contributed by atoms with Crippen LogP contribution in [-0.4, -0.2) is 14.1 Å². The van der Waals surface area contributed by atoms with Gasteiger partial charge in [-0.15, -0.1) is 0 Å². The Hall–Kier alpha value is -3.08. The molecule has 120 valence electrons. The van der Waals surface area contributed by atoms with E-state index in [1.807, 2.05) is 48.5 Å². The number of aromatic amines is 1. The fourth-order valence-electron chi connectivity index (χ4n) is 3.12. The molecule has 0 aromatic heterocycles. The quantitative estimate of drug-likeness (QED) is 0.631. The molecule has 0 aliphatic carbocycles. The lowest BCUT2D eigenvalue weighted by Gasteiger charge is -2.05. The molecule has 2 aliphatic rings. The summed E-state index contributed by atoms with van der Waals surface area (Å²) < 4.78 is 2.69. The first-order valence-corrected chi connectivity index (χ1v) is 8.04. The van der Waals surface area contributed by atoms with Gasteiger partial charge in [0.1, 0.15) is 5.69 Å². The minimum absolute atomic E-state index is 0.315. The average molecular weight is 319 g/mol. The largest absolute Gasteiger partial charge is 0.358 e. The number of hydrogen-bond donors (Lipinski definition) is 1. The highest BCUT2D eigenvalue weighted by atomic mass is 16.2. The Morgan fingerprint density at radius 3 is 2.46 bits per heavy atom. The maximum absolute atomic E-state index is 12.9. The monoisotopic (exact) mass is 319 g/mol. The number of aromatic nitrogens is 3. The van der Waals surface area contributed by atoms with Crippen molar-refractivity contribution in [1.29, 1.82) is 0 Å². The molecule has 1 N–H and O–H groups in total. The molecule has 5 nitrogen and oxygen atoms in total. The Labute approximate surface area is 138 Å². The lowest BCUT2D eigenvalue weighted by atomic mass is 10.1. The molecule has 0 bridgehead atoms. The first kappa shape index (κ1) is 14.5. The Morgan fingerprint density at radius 1 is 0.958 bits per heavy atom. The van der Waals surface area contributed by atoms with Crippen LogP contribution in [0.2, 0.25) is 0 Å². The Bertz CT molecular complexity index is 1100. The highest BCUT2D eigenvalue weighted by Crippen LogP contribution is 2.16. The van der Waals surface area contributed by atoms with Crippen molar-refractivity contribution in [2.24, 2.45) is 0 Å². The second-order valence-electron chi connectivity index (χ2n) is 5.87. The topological polar surface area (TPSA) is 59.8 Å². The van der Waals surface area contributed by atoms with Crippen LogP contribution >= 0.6 is 0 Å². The molecule has 0 unspecified atom stereocenters. The number of aryl methyl sites for hydroxylation is 1. The van der Waals surface area contributed by atoms with Gasteiger partial charge >= 0.3 is 5.69 Å². The summed E-state index contributed by atoms with van der Waals surface area (Å²) in [5.41, 5.74) is 2.98. The van der Waals surface area contributed by atoms with Crippen LogP contribution in [0.25, 0.3) is 22.4 Å². The average Bonchev–Trinajstić information content (AvgIpc) is 2.87. The van der Waals surface area contributed by atoms with Gasteiger partial charge in [0.2, 0.25) is 0 Å². The van der Waals surface area contributed by atoms with Gasteiger partial charge in [-0.3, -0.25) is 9.36 Å². The van der Waals surface area contributed by atoms with Crippen molar-refractivity contribution >= 4 is 11.0 Å². The molecule has 2 heterocycles. The fraction of sp³-hybridized carbons (Fsp3) is 0.158. The molecular formula is C19H17N3O2. The Morgan fingerprint density at radius 2 is 1.71 bits per heavy atom. The van der Waals surface area contributed by atoms with Crippen LogP contribution in [0.15, 0.2) is 64.3 Å². The highest BCUT2D eigenvalue weighted by molar-refractivity contribution is 5.77. The van der Waals surface area contributed by atoms with Gasteiger partial charge in [0, 0.05) is 6.20 Å². The number of hydrogen-bond acceptors (Lipinski definition) is 2. The van der Waals surface area contributed by atoms with Crippen LogP contribution in [0.1, 0.15) is 18.9 Å². The summed E-state index contributed by atoms with van der Waals surface area (Å²) in [5, 5.41) is 0. The van der Waals surface area contributed by atoms with E-state index in [-0.39, 0.29) is 11.2 Å². The second-order valence-corrected chi connectivity index (χ2v) is 5.87. The Balaban J connectivity index is 1.99. The second kappa shape index (κ2) is 5.53. The van der Waals surface area contributed by atoms with Crippen molar-refractivity contribution in [3.63, 3.8) is 0 Å². The van der Waals surface area contributed by atoms with Gasteiger partial charge in [-0.1, -0.05) is 37.6 Å². The molecule has 0 amide bonds. The molecule has 4 rings (SSSR count). The van der Waals surface area contributed by atoms with Gasteiger partial charge in [0.05, 0.1) is 16.7 Å². The predicted molar refractivity (Wildman–Crippen MR) is 94.7 cm³/mol. The van der Waals surface area contributed by atoms with Crippen LogP contribution in [0.5, 0.6) is 0 Å². The summed E-state index contributed by atoms with van der Waals surface area (Å²) in [5.74, 6) is 0. The zero-order chi connectivity index (χ0) is 16.7. The van der Waals surface area contributed by atoms with Crippen molar-refractivity contribution < 1.29 is 0 Å². The normalized spacial score (nSPS) is 11.4. The van der Waals surface area contributed by atoms with Gasteiger partial charge in [-0.05, 0) is 36.2 Å². The number of para-hydroxylation sites is 2. The molecule has 0 atom stereocenters. The fourth-order valence-corrected chi connectivity index (χ4v) is 3.12. The van der Waals surface area contributed by atoms with Crippen molar-refractivity contribution in [2.45, 2.75) is 19.8 Å². The minimum atomic E-state index is -0.344. The summed E-state index contributed by atoms with van der Waals surface area (Å²) in [4.78, 5) is 28.7. The summed E-state index contributed by atoms with van der Waals surface area (Å²) in [6, 6.07) is 15.0. The molecule has 0 fully saturated rings. The van der Waals surface area contributed by atoms with E-state index in [2.05, 4.69) is 11.9 Å². The third-order valence-electron chi connectivity index (χ3n) is 4.29. The minimum Gasteiger partial charge on any atom is -0.358 e. The first-order valence-electron chi connectivity index (χ1n) is 8.04. The van der Waals surface area contributed by atoms with Crippen LogP contribution in [-0.2, 0) is 6.42 Å². The van der Waals surface area contributed by atoms with E-state index in [4.69, 9.17) is 0 Å². The number of rotatable bonds is 3. The van der Waals surface area contributed by atoms with Crippen LogP contribution < -0.4 is 11.2 Å². The summed E-state index contributed by atoms with van der Waals surface area (Å²) in [6.07, 6.45) is 3.63. The van der Waals surface area contributed by atoms with Crippen molar-refractivity contribution in [2.75, 3.05) is 0 Å². The number of benzene rings is 2. The third kappa shape index (κ3) is 2.09. The van der Waals surface area contributed by atoms with Crippen LogP contribution in [0.3, 0.4) is 0 Å². The first-order chi connectivity index (χ1) is 11.7. The lowest BCUT2D eigenvalue weighted by Crippen LogP contribution is -2.25. The van der Waals surface area contributed by atoms with E-state index < -0.39 is 0 Å². The number of H-pyrrole nitrogens is 1. The number of fused-ring (bicyclic) bond motifs is 3. The highest BCUT2D eigenvalue weighted by Gasteiger charge is 2.20. The van der Waals surface area contributed by atoms with Gasteiger partial charge in [-0.2, -0.15) is 0 Å². The van der Waals surface area contributed by atoms with E-state index in [9.17, 15) is 9.59 Å². The van der Waals surface area contributed by atoms with Crippen molar-refractivity contribution in [3.8, 4) is 11.4 Å². The molecule has 2 aromatic carbocycles. The molecule has 5 heteroatoms. The van der Waals surface area contributed by atoms with Crippen LogP contribution in [0.4, 0.5) is 0 Å². The standard InChI is InChI=1S/C19H17N3O2/c1-2-5-13-8-10-14(11-9-13)21-18(23)17-12-20-15-6-3-4-7-16(15)22(17)19(21)24/h3-4,6-12,20H,2,5H2,1H3. The van der Waals surface area contributed by atoms with Gasteiger partial charge in [0.25, 0.3) is 5.56 Å². The number of nitrogens with one attached hydrogen (secondary N) is 1. The van der Waals surface area contributed by atoms with Gasteiger partial charge in [-0.25, -0.2) is 9.36 Å². The molecular weight excluding hydrogens is 302 g/mol. The SMILES string of the molecule is CCCc1ccc(-n2c(=O)c3c[nH]c4ccccc4n-3c2=O)cc1. The molecule has 0 saturated heterocycles. The van der Waals surface area contributed by atoms with E-state index in [0.717, 1.165) is 18.4 Å². The number of imidazole rings is 1. The maximum Gasteiger partial charge on any atom is 0.341 e. The van der Waals surface area contributed by atoms with E-state index in [1.54, 1.807) is 6.20 Å². The molecule has 24 heavy (non-hydrogen) atoms. The molecule has 0 radical (unpaired) electrons. The molecule has 0 spiro atoms. The predicted octanol–water partition coefficient (Wildman–Crippen LogP) is 2.86.